The van der Waals surface area contributed by atoms with Crippen LogP contribution in [0.15, 0.2) is 0 Å². The summed E-state index contributed by atoms with van der Waals surface area (Å²) >= 11 is 0. The van der Waals surface area contributed by atoms with Crippen LogP contribution in [0.1, 0.15) is 106 Å². The zero-order valence-corrected chi connectivity index (χ0v) is 15.7. The summed E-state index contributed by atoms with van der Waals surface area (Å²) in [5.41, 5.74) is 0.469. The van der Waals surface area contributed by atoms with Gasteiger partial charge in [-0.25, -0.2) is 0 Å². The van der Waals surface area contributed by atoms with Gasteiger partial charge in [0.15, 0.2) is 0 Å². The van der Waals surface area contributed by atoms with Crippen LogP contribution in [0.25, 0.3) is 0 Å². The van der Waals surface area contributed by atoms with Crippen molar-refractivity contribution in [3.8, 4) is 0 Å². The molecule has 0 unspecified atom stereocenters. The molecule has 0 bridgehead atoms. The summed E-state index contributed by atoms with van der Waals surface area (Å²) in [5, 5.41) is 3.46. The molecule has 0 spiro atoms. The molecule has 21 heavy (non-hydrogen) atoms. The second-order valence-electron chi connectivity index (χ2n) is 9.42. The zero-order chi connectivity index (χ0) is 15.9. The summed E-state index contributed by atoms with van der Waals surface area (Å²) in [6, 6.07) is 0. The van der Waals surface area contributed by atoms with Crippen molar-refractivity contribution >= 4 is 0 Å². The third-order valence-corrected chi connectivity index (χ3v) is 4.72. The van der Waals surface area contributed by atoms with Gasteiger partial charge in [0.2, 0.25) is 0 Å². The van der Waals surface area contributed by atoms with Gasteiger partial charge >= 0.3 is 0 Å². The Bertz CT molecular complexity index is 229. The van der Waals surface area contributed by atoms with Crippen LogP contribution in [0.4, 0.5) is 0 Å². The second kappa shape index (κ2) is 8.56. The maximum atomic E-state index is 3.46. The van der Waals surface area contributed by atoms with E-state index in [0.29, 0.717) is 0 Å². The molecule has 0 aromatic rings. The number of hydrogen-bond donors (Lipinski definition) is 1. The normalized spacial score (nSPS) is 22.6. The van der Waals surface area contributed by atoms with E-state index in [4.69, 9.17) is 0 Å². The fourth-order valence-electron chi connectivity index (χ4n) is 4.34. The summed E-state index contributed by atoms with van der Waals surface area (Å²) < 4.78 is 0. The summed E-state index contributed by atoms with van der Waals surface area (Å²) in [4.78, 5) is 0. The Kier molecular flexibility index (Phi) is 7.74. The van der Waals surface area contributed by atoms with E-state index in [9.17, 15) is 0 Å². The van der Waals surface area contributed by atoms with Crippen molar-refractivity contribution in [2.45, 2.75) is 117 Å². The predicted octanol–water partition coefficient (Wildman–Crippen LogP) is 6.32. The molecule has 2 rings (SSSR count). The molecule has 0 atom stereocenters. The third kappa shape index (κ3) is 9.55. The van der Waals surface area contributed by atoms with Gasteiger partial charge in [-0.15, -0.1) is 0 Å². The maximum Gasteiger partial charge on any atom is 0.0101 e. The molecule has 2 saturated carbocycles. The standard InChI is InChI=1S/C12H22.C8H19N/c1-3-7-11(8-4-1)12-9-5-2-6-10-12;1-7(2,3)9-8(4,5)6/h11-12H,1-10H2;9H,1-6H3. The van der Waals surface area contributed by atoms with Gasteiger partial charge in [0.05, 0.1) is 0 Å². The van der Waals surface area contributed by atoms with E-state index >= 15 is 0 Å². The Morgan fingerprint density at radius 2 is 0.810 bits per heavy atom. The maximum absolute atomic E-state index is 3.46. The lowest BCUT2D eigenvalue weighted by atomic mass is 9.73. The lowest BCUT2D eigenvalue weighted by Gasteiger charge is -2.32. The highest BCUT2D eigenvalue weighted by Crippen LogP contribution is 2.37. The van der Waals surface area contributed by atoms with Crippen LogP contribution < -0.4 is 5.32 Å². The molecule has 2 fully saturated rings. The summed E-state index contributed by atoms with van der Waals surface area (Å²) in [6.07, 6.45) is 15.4. The van der Waals surface area contributed by atoms with Crippen LogP contribution in [0.5, 0.6) is 0 Å². The molecule has 0 aromatic heterocycles. The summed E-state index contributed by atoms with van der Waals surface area (Å²) in [5.74, 6) is 2.28. The molecule has 2 aliphatic carbocycles. The van der Waals surface area contributed by atoms with Crippen LogP contribution in [0.3, 0.4) is 0 Å². The van der Waals surface area contributed by atoms with Crippen LogP contribution in [0, 0.1) is 11.8 Å². The number of hydrogen-bond acceptors (Lipinski definition) is 1. The SMILES string of the molecule is C1CCC(C2CCCCC2)CC1.CC(C)(C)NC(C)(C)C. The van der Waals surface area contributed by atoms with Crippen molar-refractivity contribution in [2.75, 3.05) is 0 Å². The molecule has 0 heterocycles. The van der Waals surface area contributed by atoms with Crippen molar-refractivity contribution in [2.24, 2.45) is 11.8 Å². The van der Waals surface area contributed by atoms with E-state index in [1.54, 1.807) is 25.7 Å². The second-order valence-corrected chi connectivity index (χ2v) is 9.42. The van der Waals surface area contributed by atoms with Gasteiger partial charge in [-0.2, -0.15) is 0 Å². The van der Waals surface area contributed by atoms with Crippen LogP contribution >= 0.6 is 0 Å². The first-order valence-corrected chi connectivity index (χ1v) is 9.47. The molecule has 0 aliphatic heterocycles. The van der Waals surface area contributed by atoms with E-state index in [1.807, 2.05) is 0 Å². The first-order valence-electron chi connectivity index (χ1n) is 9.47. The monoisotopic (exact) mass is 295 g/mol. The van der Waals surface area contributed by atoms with E-state index in [2.05, 4.69) is 46.9 Å². The fraction of sp³-hybridized carbons (Fsp3) is 1.00. The van der Waals surface area contributed by atoms with Gasteiger partial charge < -0.3 is 5.32 Å². The van der Waals surface area contributed by atoms with Crippen molar-refractivity contribution < 1.29 is 0 Å². The van der Waals surface area contributed by atoms with Gasteiger partial charge in [0.1, 0.15) is 0 Å². The molecular weight excluding hydrogens is 254 g/mol. The molecule has 1 nitrogen and oxygen atoms in total. The molecule has 126 valence electrons. The lowest BCUT2D eigenvalue weighted by molar-refractivity contribution is 0.196. The minimum Gasteiger partial charge on any atom is -0.307 e. The van der Waals surface area contributed by atoms with E-state index in [-0.39, 0.29) is 11.1 Å². The van der Waals surface area contributed by atoms with Crippen LogP contribution in [-0.2, 0) is 0 Å². The number of rotatable bonds is 1. The molecule has 1 N–H and O–H groups in total. The molecule has 2 aliphatic rings. The van der Waals surface area contributed by atoms with Gasteiger partial charge in [0, 0.05) is 11.1 Å². The minimum absolute atomic E-state index is 0.234. The minimum atomic E-state index is 0.234. The smallest absolute Gasteiger partial charge is 0.0101 e. The van der Waals surface area contributed by atoms with Gasteiger partial charge in [-0.3, -0.25) is 0 Å². The fourth-order valence-corrected chi connectivity index (χ4v) is 4.34. The summed E-state index contributed by atoms with van der Waals surface area (Å²) in [6.45, 7) is 13.1. The highest BCUT2D eigenvalue weighted by atomic mass is 15.0. The molecule has 0 radical (unpaired) electrons. The molecular formula is C20H41N. The van der Waals surface area contributed by atoms with E-state index < -0.39 is 0 Å². The van der Waals surface area contributed by atoms with Gasteiger partial charge in [-0.05, 0) is 53.4 Å². The van der Waals surface area contributed by atoms with Gasteiger partial charge in [0.25, 0.3) is 0 Å². The topological polar surface area (TPSA) is 12.0 Å². The first kappa shape index (κ1) is 19.0. The van der Waals surface area contributed by atoms with Crippen LogP contribution in [0.2, 0.25) is 0 Å². The number of nitrogens with one attached hydrogen (secondary N) is 1. The average Bonchev–Trinajstić information content (AvgIpc) is 2.37. The molecule has 1 heteroatoms. The van der Waals surface area contributed by atoms with Crippen molar-refractivity contribution in [1.29, 1.82) is 0 Å². The average molecular weight is 296 g/mol. The van der Waals surface area contributed by atoms with Crippen LogP contribution in [-0.4, -0.2) is 11.1 Å². The third-order valence-electron chi connectivity index (χ3n) is 4.72. The Morgan fingerprint density at radius 3 is 1.00 bits per heavy atom. The Balaban J connectivity index is 0.000000222. The highest BCUT2D eigenvalue weighted by Gasteiger charge is 2.24. The molecule has 0 amide bonds. The van der Waals surface area contributed by atoms with Gasteiger partial charge in [-0.1, -0.05) is 64.2 Å². The first-order chi connectivity index (χ1) is 9.67. The van der Waals surface area contributed by atoms with E-state index in [0.717, 1.165) is 11.8 Å². The quantitative estimate of drug-likeness (QED) is 0.597. The predicted molar refractivity (Wildman–Crippen MR) is 95.8 cm³/mol. The molecule has 0 saturated heterocycles. The molecule has 0 aromatic carbocycles. The van der Waals surface area contributed by atoms with E-state index in [1.165, 1.54) is 38.5 Å². The van der Waals surface area contributed by atoms with Crippen molar-refractivity contribution in [3.63, 3.8) is 0 Å². The highest BCUT2D eigenvalue weighted by molar-refractivity contribution is 4.81. The Hall–Kier alpha value is -0.0400. The largest absolute Gasteiger partial charge is 0.307 e. The Morgan fingerprint density at radius 1 is 0.524 bits per heavy atom. The van der Waals surface area contributed by atoms with Crippen molar-refractivity contribution in [3.05, 3.63) is 0 Å². The lowest BCUT2D eigenvalue weighted by Crippen LogP contribution is -2.48. The van der Waals surface area contributed by atoms with Crippen molar-refractivity contribution in [1.82, 2.24) is 5.32 Å². The zero-order valence-electron chi connectivity index (χ0n) is 15.7. The Labute approximate surface area is 134 Å². The summed E-state index contributed by atoms with van der Waals surface area (Å²) in [7, 11) is 0.